The minimum atomic E-state index is -0.155. The van der Waals surface area contributed by atoms with Crippen LogP contribution in [-0.2, 0) is 6.42 Å². The minimum absolute atomic E-state index is 0.155. The van der Waals surface area contributed by atoms with Crippen LogP contribution in [0.15, 0.2) is 28.9 Å². The zero-order valence-electron chi connectivity index (χ0n) is 11.5. The van der Waals surface area contributed by atoms with Gasteiger partial charge in [0, 0.05) is 24.5 Å². The van der Waals surface area contributed by atoms with Crippen molar-refractivity contribution in [1.82, 2.24) is 10.3 Å². The van der Waals surface area contributed by atoms with E-state index in [2.05, 4.69) is 10.3 Å². The highest BCUT2D eigenvalue weighted by molar-refractivity contribution is 5.92. The average molecular weight is 258 g/mol. The van der Waals surface area contributed by atoms with E-state index in [1.54, 1.807) is 6.20 Å². The Balaban J connectivity index is 1.91. The van der Waals surface area contributed by atoms with Gasteiger partial charge in [0.15, 0.2) is 5.76 Å². The number of amides is 1. The van der Waals surface area contributed by atoms with Crippen LogP contribution in [0.5, 0.6) is 0 Å². The summed E-state index contributed by atoms with van der Waals surface area (Å²) >= 11 is 0. The third-order valence-electron chi connectivity index (χ3n) is 3.06. The van der Waals surface area contributed by atoms with Gasteiger partial charge in [-0.15, -0.1) is 0 Å². The van der Waals surface area contributed by atoms with Crippen molar-refractivity contribution >= 4 is 5.91 Å². The highest BCUT2D eigenvalue weighted by Crippen LogP contribution is 2.13. The van der Waals surface area contributed by atoms with E-state index in [9.17, 15) is 4.79 Å². The van der Waals surface area contributed by atoms with Crippen LogP contribution in [0.3, 0.4) is 0 Å². The summed E-state index contributed by atoms with van der Waals surface area (Å²) < 4.78 is 5.38. The molecule has 0 fully saturated rings. The van der Waals surface area contributed by atoms with Gasteiger partial charge in [-0.2, -0.15) is 0 Å². The first-order valence-corrected chi connectivity index (χ1v) is 6.32. The molecule has 0 aliphatic heterocycles. The number of nitrogens with one attached hydrogen (secondary N) is 1. The van der Waals surface area contributed by atoms with E-state index >= 15 is 0 Å². The number of rotatable bonds is 4. The summed E-state index contributed by atoms with van der Waals surface area (Å²) in [5.41, 5.74) is 3.21. The lowest BCUT2D eigenvalue weighted by Gasteiger charge is -2.06. The van der Waals surface area contributed by atoms with Gasteiger partial charge in [0.05, 0.1) is 0 Å². The number of aromatic nitrogens is 1. The predicted molar refractivity (Wildman–Crippen MR) is 73.2 cm³/mol. The number of hydrogen-bond acceptors (Lipinski definition) is 3. The Morgan fingerprint density at radius 2 is 2.11 bits per heavy atom. The van der Waals surface area contributed by atoms with E-state index in [1.807, 2.05) is 39.1 Å². The molecular formula is C15H18N2O2. The Morgan fingerprint density at radius 3 is 2.74 bits per heavy atom. The van der Waals surface area contributed by atoms with Crippen LogP contribution in [0, 0.1) is 20.8 Å². The summed E-state index contributed by atoms with van der Waals surface area (Å²) in [6, 6.07) is 3.84. The first-order valence-electron chi connectivity index (χ1n) is 6.32. The molecule has 0 radical (unpaired) electrons. The Kier molecular flexibility index (Phi) is 4.00. The standard InChI is InChI=1S/C15H18N2O2/c1-10-8-12(3)19-14(10)15(18)17-7-5-13-4-6-16-9-11(13)2/h4,6,8-9H,5,7H2,1-3H3,(H,17,18). The van der Waals surface area contributed by atoms with Crippen LogP contribution in [-0.4, -0.2) is 17.4 Å². The second-order valence-electron chi connectivity index (χ2n) is 4.68. The number of carbonyl (C=O) groups is 1. The molecule has 0 aliphatic rings. The van der Waals surface area contributed by atoms with Gasteiger partial charge in [0.25, 0.3) is 5.91 Å². The van der Waals surface area contributed by atoms with Crippen molar-refractivity contribution in [1.29, 1.82) is 0 Å². The van der Waals surface area contributed by atoms with E-state index in [0.717, 1.165) is 23.3 Å². The van der Waals surface area contributed by atoms with Crippen LogP contribution in [0.1, 0.15) is 33.0 Å². The first kappa shape index (κ1) is 13.3. The lowest BCUT2D eigenvalue weighted by atomic mass is 10.1. The first-order chi connectivity index (χ1) is 9.08. The molecule has 0 saturated carbocycles. The maximum absolute atomic E-state index is 11.9. The molecule has 0 atom stereocenters. The molecule has 0 spiro atoms. The summed E-state index contributed by atoms with van der Waals surface area (Å²) in [4.78, 5) is 16.0. The Hall–Kier alpha value is -2.10. The third-order valence-corrected chi connectivity index (χ3v) is 3.06. The zero-order chi connectivity index (χ0) is 13.8. The topological polar surface area (TPSA) is 55.1 Å². The van der Waals surface area contributed by atoms with E-state index in [0.29, 0.717) is 12.3 Å². The van der Waals surface area contributed by atoms with Gasteiger partial charge in [-0.25, -0.2) is 0 Å². The summed E-state index contributed by atoms with van der Waals surface area (Å²) in [5.74, 6) is 1.01. The van der Waals surface area contributed by atoms with Crippen LogP contribution >= 0.6 is 0 Å². The predicted octanol–water partition coefficient (Wildman–Crippen LogP) is 2.57. The number of hydrogen-bond donors (Lipinski definition) is 1. The van der Waals surface area contributed by atoms with Gasteiger partial charge in [-0.3, -0.25) is 9.78 Å². The maximum atomic E-state index is 11.9. The summed E-state index contributed by atoms with van der Waals surface area (Å²) in [6.07, 6.45) is 4.39. The molecule has 0 aromatic carbocycles. The lowest BCUT2D eigenvalue weighted by Crippen LogP contribution is -2.26. The van der Waals surface area contributed by atoms with E-state index in [-0.39, 0.29) is 5.91 Å². The van der Waals surface area contributed by atoms with Crippen LogP contribution in [0.25, 0.3) is 0 Å². The highest BCUT2D eigenvalue weighted by Gasteiger charge is 2.13. The summed E-state index contributed by atoms with van der Waals surface area (Å²) in [5, 5.41) is 2.88. The van der Waals surface area contributed by atoms with Crippen molar-refractivity contribution in [2.45, 2.75) is 27.2 Å². The molecule has 1 N–H and O–H groups in total. The quantitative estimate of drug-likeness (QED) is 0.917. The summed E-state index contributed by atoms with van der Waals surface area (Å²) in [6.45, 7) is 6.32. The van der Waals surface area contributed by atoms with Crippen LogP contribution in [0.4, 0.5) is 0 Å². The molecule has 0 saturated heterocycles. The second-order valence-corrected chi connectivity index (χ2v) is 4.68. The van der Waals surface area contributed by atoms with Crippen molar-refractivity contribution in [2.75, 3.05) is 6.54 Å². The number of furan rings is 1. The van der Waals surface area contributed by atoms with E-state index < -0.39 is 0 Å². The normalized spacial score (nSPS) is 10.5. The second kappa shape index (κ2) is 5.69. The monoisotopic (exact) mass is 258 g/mol. The zero-order valence-corrected chi connectivity index (χ0v) is 11.5. The molecule has 1 amide bonds. The number of carbonyl (C=O) groups excluding carboxylic acids is 1. The van der Waals surface area contributed by atoms with E-state index in [1.165, 1.54) is 5.56 Å². The van der Waals surface area contributed by atoms with Gasteiger partial charge in [-0.1, -0.05) is 0 Å². The Bertz CT molecular complexity index is 588. The molecule has 2 aromatic rings. The van der Waals surface area contributed by atoms with Gasteiger partial charge in [0.2, 0.25) is 0 Å². The average Bonchev–Trinajstić information content (AvgIpc) is 2.71. The van der Waals surface area contributed by atoms with Crippen molar-refractivity contribution < 1.29 is 9.21 Å². The molecule has 19 heavy (non-hydrogen) atoms. The minimum Gasteiger partial charge on any atom is -0.456 e. The maximum Gasteiger partial charge on any atom is 0.287 e. The highest BCUT2D eigenvalue weighted by atomic mass is 16.3. The Morgan fingerprint density at radius 1 is 1.32 bits per heavy atom. The molecule has 100 valence electrons. The molecule has 4 nitrogen and oxygen atoms in total. The molecule has 4 heteroatoms. The molecular weight excluding hydrogens is 240 g/mol. The summed E-state index contributed by atoms with van der Waals surface area (Å²) in [7, 11) is 0. The lowest BCUT2D eigenvalue weighted by molar-refractivity contribution is 0.0924. The van der Waals surface area contributed by atoms with Crippen molar-refractivity contribution in [2.24, 2.45) is 0 Å². The number of nitrogens with zero attached hydrogens (tertiary/aromatic N) is 1. The molecule has 2 heterocycles. The van der Waals surface area contributed by atoms with Crippen molar-refractivity contribution in [3.63, 3.8) is 0 Å². The van der Waals surface area contributed by atoms with Crippen LogP contribution in [0.2, 0.25) is 0 Å². The molecule has 0 unspecified atom stereocenters. The van der Waals surface area contributed by atoms with Crippen molar-refractivity contribution in [3.8, 4) is 0 Å². The fourth-order valence-electron chi connectivity index (χ4n) is 2.04. The SMILES string of the molecule is Cc1cc(C)c(C(=O)NCCc2ccncc2C)o1. The fourth-order valence-corrected chi connectivity index (χ4v) is 2.04. The van der Waals surface area contributed by atoms with E-state index in [4.69, 9.17) is 4.42 Å². The number of pyridine rings is 1. The van der Waals surface area contributed by atoms with Crippen LogP contribution < -0.4 is 5.32 Å². The molecule has 2 rings (SSSR count). The van der Waals surface area contributed by atoms with Gasteiger partial charge < -0.3 is 9.73 Å². The third kappa shape index (κ3) is 3.22. The smallest absolute Gasteiger partial charge is 0.287 e. The molecule has 0 aliphatic carbocycles. The van der Waals surface area contributed by atoms with Crippen molar-refractivity contribution in [3.05, 3.63) is 52.7 Å². The molecule has 2 aromatic heterocycles. The van der Waals surface area contributed by atoms with Gasteiger partial charge in [-0.05, 0) is 50.5 Å². The van der Waals surface area contributed by atoms with Gasteiger partial charge in [0.1, 0.15) is 5.76 Å². The van der Waals surface area contributed by atoms with Gasteiger partial charge >= 0.3 is 0 Å². The Labute approximate surface area is 112 Å². The fraction of sp³-hybridized carbons (Fsp3) is 0.333. The largest absolute Gasteiger partial charge is 0.456 e. The number of aryl methyl sites for hydroxylation is 3. The molecule has 0 bridgehead atoms.